The Morgan fingerprint density at radius 3 is 2.17 bits per heavy atom. The zero-order valence-electron chi connectivity index (χ0n) is 13.3. The number of hydrogen-bond acceptors (Lipinski definition) is 2. The molecule has 24 heavy (non-hydrogen) atoms. The maximum absolute atomic E-state index is 12.4. The summed E-state index contributed by atoms with van der Waals surface area (Å²) in [6.07, 6.45) is 3.33. The summed E-state index contributed by atoms with van der Waals surface area (Å²) in [6, 6.07) is 14.3. The molecule has 2 amide bonds. The number of para-hydroxylation sites is 1. The molecule has 0 unspecified atom stereocenters. The number of benzene rings is 2. The molecule has 4 nitrogen and oxygen atoms in total. The van der Waals surface area contributed by atoms with Crippen molar-refractivity contribution < 1.29 is 9.59 Å². The Hall–Kier alpha value is -2.14. The van der Waals surface area contributed by atoms with Gasteiger partial charge in [-0.15, -0.1) is 0 Å². The molecular weight excluding hydrogens is 368 g/mol. The van der Waals surface area contributed by atoms with Crippen molar-refractivity contribution in [2.45, 2.75) is 19.3 Å². The highest BCUT2D eigenvalue weighted by molar-refractivity contribution is 9.10. The lowest BCUT2D eigenvalue weighted by atomic mass is 10.1. The third-order valence-corrected chi connectivity index (χ3v) is 4.85. The summed E-state index contributed by atoms with van der Waals surface area (Å²) >= 11 is 3.41. The molecule has 0 aromatic heterocycles. The Morgan fingerprint density at radius 2 is 1.50 bits per heavy atom. The molecule has 1 N–H and O–H groups in total. The molecule has 124 valence electrons. The summed E-state index contributed by atoms with van der Waals surface area (Å²) in [5, 5.41) is 2.86. The van der Waals surface area contributed by atoms with Gasteiger partial charge in [0, 0.05) is 28.7 Å². The molecule has 1 fully saturated rings. The second-order valence-electron chi connectivity index (χ2n) is 5.86. The van der Waals surface area contributed by atoms with Crippen molar-refractivity contribution in [2.75, 3.05) is 18.4 Å². The first-order chi connectivity index (χ1) is 11.6. The molecule has 1 heterocycles. The Bertz CT molecular complexity index is 737. The van der Waals surface area contributed by atoms with Crippen LogP contribution in [-0.4, -0.2) is 29.8 Å². The number of carbonyl (C=O) groups is 2. The third-order valence-electron chi connectivity index (χ3n) is 4.16. The molecule has 0 spiro atoms. The Kier molecular flexibility index (Phi) is 5.30. The molecule has 2 aromatic carbocycles. The number of nitrogens with one attached hydrogen (secondary N) is 1. The lowest BCUT2D eigenvalue weighted by molar-refractivity contribution is 0.0724. The van der Waals surface area contributed by atoms with Crippen molar-refractivity contribution in [2.24, 2.45) is 0 Å². The molecule has 1 saturated heterocycles. The molecule has 3 rings (SSSR count). The van der Waals surface area contributed by atoms with E-state index in [0.717, 1.165) is 36.1 Å². The van der Waals surface area contributed by atoms with Crippen LogP contribution in [0, 0.1) is 0 Å². The van der Waals surface area contributed by atoms with E-state index in [1.54, 1.807) is 24.3 Å². The van der Waals surface area contributed by atoms with Gasteiger partial charge < -0.3 is 10.2 Å². The zero-order valence-corrected chi connectivity index (χ0v) is 14.9. The van der Waals surface area contributed by atoms with Gasteiger partial charge in [-0.3, -0.25) is 9.59 Å². The van der Waals surface area contributed by atoms with Crippen molar-refractivity contribution in [1.82, 2.24) is 4.90 Å². The molecule has 0 aliphatic carbocycles. The summed E-state index contributed by atoms with van der Waals surface area (Å²) in [5.41, 5.74) is 1.88. The number of likely N-dealkylation sites (tertiary alicyclic amines) is 1. The SMILES string of the molecule is O=C(Nc1ccccc1Br)c1ccc(C(=O)N2CCCCC2)cc1. The van der Waals surface area contributed by atoms with E-state index < -0.39 is 0 Å². The van der Waals surface area contributed by atoms with Gasteiger partial charge in [0.25, 0.3) is 11.8 Å². The lowest BCUT2D eigenvalue weighted by Gasteiger charge is -2.26. The fourth-order valence-corrected chi connectivity index (χ4v) is 3.18. The maximum atomic E-state index is 12.4. The number of anilines is 1. The molecule has 1 aliphatic rings. The average molecular weight is 387 g/mol. The molecule has 0 bridgehead atoms. The van der Waals surface area contributed by atoms with Crippen molar-refractivity contribution in [3.8, 4) is 0 Å². The van der Waals surface area contributed by atoms with Crippen molar-refractivity contribution >= 4 is 33.4 Å². The van der Waals surface area contributed by atoms with E-state index in [-0.39, 0.29) is 11.8 Å². The van der Waals surface area contributed by atoms with Gasteiger partial charge in [0.2, 0.25) is 0 Å². The van der Waals surface area contributed by atoms with Crippen LogP contribution in [0.4, 0.5) is 5.69 Å². The number of amides is 2. The summed E-state index contributed by atoms with van der Waals surface area (Å²) in [6.45, 7) is 1.65. The summed E-state index contributed by atoms with van der Waals surface area (Å²) < 4.78 is 0.829. The highest BCUT2D eigenvalue weighted by Crippen LogP contribution is 2.22. The molecule has 5 heteroatoms. The van der Waals surface area contributed by atoms with Gasteiger partial charge in [-0.05, 0) is 71.6 Å². The third kappa shape index (κ3) is 3.85. The summed E-state index contributed by atoms with van der Waals surface area (Å²) in [4.78, 5) is 26.6. The van der Waals surface area contributed by atoms with Crippen LogP contribution in [0.25, 0.3) is 0 Å². The predicted molar refractivity (Wildman–Crippen MR) is 98.3 cm³/mol. The quantitative estimate of drug-likeness (QED) is 0.853. The van der Waals surface area contributed by atoms with Gasteiger partial charge in [0.1, 0.15) is 0 Å². The minimum Gasteiger partial charge on any atom is -0.339 e. The molecule has 2 aromatic rings. The fraction of sp³-hybridized carbons (Fsp3) is 0.263. The number of hydrogen-bond donors (Lipinski definition) is 1. The molecular formula is C19H19BrN2O2. The van der Waals surface area contributed by atoms with Crippen LogP contribution in [0.15, 0.2) is 53.0 Å². The smallest absolute Gasteiger partial charge is 0.255 e. The van der Waals surface area contributed by atoms with E-state index in [0.29, 0.717) is 11.1 Å². The standard InChI is InChI=1S/C19H19BrN2O2/c20-16-6-2-3-7-17(16)21-18(23)14-8-10-15(11-9-14)19(24)22-12-4-1-5-13-22/h2-3,6-11H,1,4-5,12-13H2,(H,21,23). The molecule has 1 aliphatic heterocycles. The number of rotatable bonds is 3. The van der Waals surface area contributed by atoms with E-state index in [1.165, 1.54) is 6.42 Å². The molecule has 0 saturated carbocycles. The lowest BCUT2D eigenvalue weighted by Crippen LogP contribution is -2.35. The zero-order chi connectivity index (χ0) is 16.9. The number of halogens is 1. The number of carbonyl (C=O) groups excluding carboxylic acids is 2. The Balaban J connectivity index is 1.68. The maximum Gasteiger partial charge on any atom is 0.255 e. The molecule has 0 radical (unpaired) electrons. The molecule has 0 atom stereocenters. The minimum absolute atomic E-state index is 0.0486. The van der Waals surface area contributed by atoms with Gasteiger partial charge in [0.15, 0.2) is 0 Å². The van der Waals surface area contributed by atoms with Crippen molar-refractivity contribution in [3.63, 3.8) is 0 Å². The monoisotopic (exact) mass is 386 g/mol. The topological polar surface area (TPSA) is 49.4 Å². The highest BCUT2D eigenvalue weighted by Gasteiger charge is 2.18. The normalized spacial score (nSPS) is 14.3. The van der Waals surface area contributed by atoms with E-state index in [9.17, 15) is 9.59 Å². The average Bonchev–Trinajstić information content (AvgIpc) is 2.64. The van der Waals surface area contributed by atoms with Crippen LogP contribution in [0.1, 0.15) is 40.0 Å². The number of piperidine rings is 1. The van der Waals surface area contributed by atoms with Gasteiger partial charge >= 0.3 is 0 Å². The highest BCUT2D eigenvalue weighted by atomic mass is 79.9. The summed E-state index contributed by atoms with van der Waals surface area (Å²) in [5.74, 6) is -0.147. The van der Waals surface area contributed by atoms with Crippen LogP contribution >= 0.6 is 15.9 Å². The van der Waals surface area contributed by atoms with Crippen LogP contribution in [-0.2, 0) is 0 Å². The fourth-order valence-electron chi connectivity index (χ4n) is 2.80. The second kappa shape index (κ2) is 7.62. The van der Waals surface area contributed by atoms with Crippen molar-refractivity contribution in [1.29, 1.82) is 0 Å². The van der Waals surface area contributed by atoms with E-state index >= 15 is 0 Å². The predicted octanol–water partition coefficient (Wildman–Crippen LogP) is 4.33. The van der Waals surface area contributed by atoms with Crippen LogP contribution < -0.4 is 5.32 Å². The Labute approximate surface area is 150 Å². The minimum atomic E-state index is -0.195. The largest absolute Gasteiger partial charge is 0.339 e. The van der Waals surface area contributed by atoms with Crippen LogP contribution in [0.3, 0.4) is 0 Å². The van der Waals surface area contributed by atoms with E-state index in [2.05, 4.69) is 21.2 Å². The first kappa shape index (κ1) is 16.7. The van der Waals surface area contributed by atoms with Crippen molar-refractivity contribution in [3.05, 3.63) is 64.1 Å². The first-order valence-corrected chi connectivity index (χ1v) is 8.90. The van der Waals surface area contributed by atoms with Gasteiger partial charge in [-0.2, -0.15) is 0 Å². The number of nitrogens with zero attached hydrogens (tertiary/aromatic N) is 1. The first-order valence-electron chi connectivity index (χ1n) is 8.10. The van der Waals surface area contributed by atoms with E-state index in [1.807, 2.05) is 29.2 Å². The second-order valence-corrected chi connectivity index (χ2v) is 6.72. The van der Waals surface area contributed by atoms with Crippen LogP contribution in [0.5, 0.6) is 0 Å². The van der Waals surface area contributed by atoms with Gasteiger partial charge in [0.05, 0.1) is 5.69 Å². The van der Waals surface area contributed by atoms with Crippen LogP contribution in [0.2, 0.25) is 0 Å². The van der Waals surface area contributed by atoms with Gasteiger partial charge in [-0.1, -0.05) is 12.1 Å². The van der Waals surface area contributed by atoms with E-state index in [4.69, 9.17) is 0 Å². The Morgan fingerprint density at radius 1 is 0.875 bits per heavy atom. The van der Waals surface area contributed by atoms with Gasteiger partial charge in [-0.25, -0.2) is 0 Å². The summed E-state index contributed by atoms with van der Waals surface area (Å²) in [7, 11) is 0.